The molecule has 2 aliphatic rings. The standard InChI is InChI=1S/C74H49NS/c1-5-24-53(25-6-1)73(54-26-7-2-8-27-54)66-38-17-14-34-64(66)71-67(73)39-21-40-69(71)75(57-44-42-50(43-45-57)51-22-19-23-52(48-51)59-35-20-36-63-62-33-15-18-41-70(62)76-72(59)63)58-46-47-61-60-32-13-16-37-65(60)74(68(61)49-58,55-28-9-3-10-29-55)56-30-11-4-12-31-56/h1-49H. The summed E-state index contributed by atoms with van der Waals surface area (Å²) in [6, 6.07) is 111. The quantitative estimate of drug-likeness (QED) is 0.139. The summed E-state index contributed by atoms with van der Waals surface area (Å²) < 4.78 is 2.65. The van der Waals surface area contributed by atoms with Gasteiger partial charge >= 0.3 is 0 Å². The lowest BCUT2D eigenvalue weighted by molar-refractivity contribution is 0.768. The second-order valence-electron chi connectivity index (χ2n) is 20.2. The summed E-state index contributed by atoms with van der Waals surface area (Å²) in [6.45, 7) is 0. The highest BCUT2D eigenvalue weighted by atomic mass is 32.1. The number of hydrogen-bond acceptors (Lipinski definition) is 2. The third kappa shape index (κ3) is 6.51. The molecule has 356 valence electrons. The van der Waals surface area contributed by atoms with E-state index in [0.717, 1.165) is 17.1 Å². The topological polar surface area (TPSA) is 3.24 Å². The van der Waals surface area contributed by atoms with Gasteiger partial charge in [0.25, 0.3) is 0 Å². The lowest BCUT2D eigenvalue weighted by atomic mass is 9.67. The van der Waals surface area contributed by atoms with E-state index in [2.05, 4.69) is 302 Å². The number of benzene rings is 12. The second-order valence-corrected chi connectivity index (χ2v) is 21.3. The van der Waals surface area contributed by atoms with Crippen LogP contribution in [-0.4, -0.2) is 0 Å². The van der Waals surface area contributed by atoms with Crippen LogP contribution in [0.1, 0.15) is 44.5 Å². The van der Waals surface area contributed by atoms with Crippen LogP contribution in [0.2, 0.25) is 0 Å². The molecule has 0 atom stereocenters. The third-order valence-corrected chi connectivity index (χ3v) is 17.7. The lowest BCUT2D eigenvalue weighted by Crippen LogP contribution is -2.29. The monoisotopic (exact) mass is 983 g/mol. The SMILES string of the molecule is c1ccc(C2(c3ccccc3)c3ccccc3-c3ccc(N(c4ccc(-c5cccc(-c6cccc7c6sc6ccccc67)c5)cc4)c4cccc5c4-c4ccccc4C5(c4ccccc4)c4ccccc4)cc32)cc1. The van der Waals surface area contributed by atoms with Crippen molar-refractivity contribution in [3.05, 3.63) is 342 Å². The Morgan fingerprint density at radius 1 is 0.276 bits per heavy atom. The molecule has 13 aromatic rings. The van der Waals surface area contributed by atoms with Crippen LogP contribution in [0.4, 0.5) is 17.1 Å². The van der Waals surface area contributed by atoms with Gasteiger partial charge in [0.15, 0.2) is 0 Å². The molecule has 76 heavy (non-hydrogen) atoms. The smallest absolute Gasteiger partial charge is 0.0714 e. The maximum absolute atomic E-state index is 2.54. The molecule has 0 saturated heterocycles. The van der Waals surface area contributed by atoms with E-state index in [1.165, 1.54) is 109 Å². The maximum atomic E-state index is 2.54. The summed E-state index contributed by atoms with van der Waals surface area (Å²) in [5, 5.41) is 2.63. The van der Waals surface area contributed by atoms with Crippen molar-refractivity contribution in [3.63, 3.8) is 0 Å². The van der Waals surface area contributed by atoms with Gasteiger partial charge in [-0.05, 0) is 126 Å². The van der Waals surface area contributed by atoms with E-state index in [-0.39, 0.29) is 0 Å². The number of nitrogens with zero attached hydrogens (tertiary/aromatic N) is 1. The average Bonchev–Trinajstić information content (AvgIpc) is 4.21. The fraction of sp³-hybridized carbons (Fsp3) is 0.0270. The van der Waals surface area contributed by atoms with Crippen LogP contribution < -0.4 is 4.90 Å². The van der Waals surface area contributed by atoms with Crippen molar-refractivity contribution < 1.29 is 0 Å². The van der Waals surface area contributed by atoms with Crippen molar-refractivity contribution in [2.75, 3.05) is 4.90 Å². The molecule has 1 heterocycles. The average molecular weight is 984 g/mol. The van der Waals surface area contributed by atoms with Crippen LogP contribution in [0.25, 0.3) is 64.7 Å². The summed E-state index contributed by atoms with van der Waals surface area (Å²) in [6.07, 6.45) is 0. The number of hydrogen-bond donors (Lipinski definition) is 0. The van der Waals surface area contributed by atoms with E-state index >= 15 is 0 Å². The summed E-state index contributed by atoms with van der Waals surface area (Å²) in [5.41, 5.74) is 22.1. The number of rotatable bonds is 9. The van der Waals surface area contributed by atoms with Gasteiger partial charge in [-0.2, -0.15) is 0 Å². The molecule has 1 nitrogen and oxygen atoms in total. The van der Waals surface area contributed by atoms with E-state index < -0.39 is 10.8 Å². The van der Waals surface area contributed by atoms with Crippen molar-refractivity contribution in [1.29, 1.82) is 0 Å². The van der Waals surface area contributed by atoms with Gasteiger partial charge in [-0.3, -0.25) is 0 Å². The summed E-state index contributed by atoms with van der Waals surface area (Å²) in [7, 11) is 0. The molecule has 15 rings (SSSR count). The number of fused-ring (bicyclic) bond motifs is 9. The molecule has 0 amide bonds. The van der Waals surface area contributed by atoms with Gasteiger partial charge in [-0.1, -0.05) is 255 Å². The van der Waals surface area contributed by atoms with Gasteiger partial charge in [0.2, 0.25) is 0 Å². The molecular formula is C74H49NS. The van der Waals surface area contributed by atoms with E-state index in [4.69, 9.17) is 0 Å². The van der Waals surface area contributed by atoms with Crippen molar-refractivity contribution in [2.24, 2.45) is 0 Å². The predicted molar refractivity (Wildman–Crippen MR) is 319 cm³/mol. The van der Waals surface area contributed by atoms with Crippen LogP contribution in [0.15, 0.2) is 297 Å². The molecule has 0 spiro atoms. The largest absolute Gasteiger partial charge is 0.310 e. The van der Waals surface area contributed by atoms with Gasteiger partial charge in [0.1, 0.15) is 0 Å². The highest BCUT2D eigenvalue weighted by molar-refractivity contribution is 7.26. The minimum Gasteiger partial charge on any atom is -0.310 e. The van der Waals surface area contributed by atoms with Gasteiger partial charge in [0.05, 0.1) is 16.5 Å². The first-order valence-electron chi connectivity index (χ1n) is 26.3. The summed E-state index contributed by atoms with van der Waals surface area (Å²) >= 11 is 1.88. The minimum atomic E-state index is -0.563. The van der Waals surface area contributed by atoms with Gasteiger partial charge in [0, 0.05) is 37.1 Å². The molecular weight excluding hydrogens is 935 g/mol. The Morgan fingerprint density at radius 2 is 0.750 bits per heavy atom. The zero-order valence-electron chi connectivity index (χ0n) is 41.6. The summed E-state index contributed by atoms with van der Waals surface area (Å²) in [5.74, 6) is 0. The van der Waals surface area contributed by atoms with Gasteiger partial charge in [-0.15, -0.1) is 11.3 Å². The van der Waals surface area contributed by atoms with Crippen LogP contribution in [0.5, 0.6) is 0 Å². The van der Waals surface area contributed by atoms with Crippen LogP contribution in [0, 0.1) is 0 Å². The fourth-order valence-electron chi connectivity index (χ4n) is 13.3. The molecule has 2 aliphatic carbocycles. The van der Waals surface area contributed by atoms with E-state index in [1.54, 1.807) is 0 Å². The molecule has 0 radical (unpaired) electrons. The zero-order chi connectivity index (χ0) is 50.2. The Balaban J connectivity index is 0.958. The van der Waals surface area contributed by atoms with Gasteiger partial charge in [-0.25, -0.2) is 0 Å². The van der Waals surface area contributed by atoms with Crippen LogP contribution >= 0.6 is 11.3 Å². The molecule has 0 N–H and O–H groups in total. The molecule has 0 unspecified atom stereocenters. The molecule has 0 fully saturated rings. The molecule has 0 aliphatic heterocycles. The highest BCUT2D eigenvalue weighted by Crippen LogP contribution is 2.61. The normalized spacial score (nSPS) is 13.5. The van der Waals surface area contributed by atoms with Crippen molar-refractivity contribution >= 4 is 48.6 Å². The Bertz CT molecular complexity index is 4250. The maximum Gasteiger partial charge on any atom is 0.0714 e. The van der Waals surface area contributed by atoms with E-state index in [9.17, 15) is 0 Å². The minimum absolute atomic E-state index is 0.555. The predicted octanol–water partition coefficient (Wildman–Crippen LogP) is 19.6. The zero-order valence-corrected chi connectivity index (χ0v) is 42.5. The number of anilines is 3. The second kappa shape index (κ2) is 17.7. The third-order valence-electron chi connectivity index (χ3n) is 16.4. The molecule has 1 aromatic heterocycles. The van der Waals surface area contributed by atoms with Gasteiger partial charge < -0.3 is 4.90 Å². The Morgan fingerprint density at radius 3 is 1.42 bits per heavy atom. The Hall–Kier alpha value is -9.34. The van der Waals surface area contributed by atoms with Crippen molar-refractivity contribution in [1.82, 2.24) is 0 Å². The fourth-order valence-corrected chi connectivity index (χ4v) is 14.5. The number of thiophene rings is 1. The van der Waals surface area contributed by atoms with Crippen molar-refractivity contribution in [2.45, 2.75) is 10.8 Å². The summed E-state index contributed by atoms with van der Waals surface area (Å²) in [4.78, 5) is 2.54. The first kappa shape index (κ1) is 44.2. The first-order chi connectivity index (χ1) is 37.7. The first-order valence-corrected chi connectivity index (χ1v) is 27.1. The van der Waals surface area contributed by atoms with E-state index in [0.29, 0.717) is 0 Å². The molecule has 0 saturated carbocycles. The Kier molecular flexibility index (Phi) is 10.3. The molecule has 12 aromatic carbocycles. The van der Waals surface area contributed by atoms with E-state index in [1.807, 2.05) is 11.3 Å². The lowest BCUT2D eigenvalue weighted by Gasteiger charge is -2.35. The van der Waals surface area contributed by atoms with Crippen LogP contribution in [0.3, 0.4) is 0 Å². The highest BCUT2D eigenvalue weighted by Gasteiger charge is 2.49. The molecule has 0 bridgehead atoms. The van der Waals surface area contributed by atoms with Crippen LogP contribution in [-0.2, 0) is 10.8 Å². The Labute approximate surface area is 447 Å². The van der Waals surface area contributed by atoms with Crippen molar-refractivity contribution in [3.8, 4) is 44.5 Å². The molecule has 2 heteroatoms.